The van der Waals surface area contributed by atoms with Crippen LogP contribution in [-0.2, 0) is 32.0 Å². The molecule has 0 aromatic heterocycles. The summed E-state index contributed by atoms with van der Waals surface area (Å²) in [6.45, 7) is -0.103. The minimum Gasteiger partial charge on any atom is -0.490 e. The van der Waals surface area contributed by atoms with Gasteiger partial charge in [-0.05, 0) is 42.5 Å². The maximum Gasteiger partial charge on any atom is 0.405 e. The number of Topliss-reactive ketones (excluding diaryl/α,β-unsaturated/α-hetero) is 1. The number of hydrogen-bond acceptors (Lipinski definition) is 5. The molecule has 1 aliphatic heterocycles. The number of carbonyl (C=O) groups excluding carboxylic acids is 4. The van der Waals surface area contributed by atoms with Crippen molar-refractivity contribution in [3.8, 4) is 5.75 Å². The molecule has 1 heterocycles. The summed E-state index contributed by atoms with van der Waals surface area (Å²) < 4.78 is 44.3. The summed E-state index contributed by atoms with van der Waals surface area (Å²) >= 11 is 0. The number of aryl methyl sites for hydroxylation is 1. The maximum atomic E-state index is 13.6. The summed E-state index contributed by atoms with van der Waals surface area (Å²) in [5.41, 5.74) is 1.49. The van der Waals surface area contributed by atoms with E-state index in [0.717, 1.165) is 5.56 Å². The van der Waals surface area contributed by atoms with E-state index >= 15 is 0 Å². The van der Waals surface area contributed by atoms with Crippen LogP contribution in [0.25, 0.3) is 0 Å². The first kappa shape index (κ1) is 31.4. The minimum absolute atomic E-state index is 0.101. The number of fused-ring (bicyclic) bond motifs is 2. The summed E-state index contributed by atoms with van der Waals surface area (Å²) in [5.74, 6) is -2.88. The number of rotatable bonds is 6. The number of hydrogen-bond donors (Lipinski definition) is 3. The number of ether oxygens (including phenoxy) is 1. The van der Waals surface area contributed by atoms with Crippen LogP contribution in [0.5, 0.6) is 5.75 Å². The van der Waals surface area contributed by atoms with Gasteiger partial charge in [-0.15, -0.1) is 0 Å². The third-order valence-corrected chi connectivity index (χ3v) is 6.53. The predicted molar refractivity (Wildman–Crippen MR) is 146 cm³/mol. The van der Waals surface area contributed by atoms with Crippen molar-refractivity contribution >= 4 is 23.5 Å². The molecule has 3 rings (SSSR count). The van der Waals surface area contributed by atoms with Gasteiger partial charge in [-0.3, -0.25) is 19.2 Å². The smallest absolute Gasteiger partial charge is 0.405 e. The average molecular weight is 574 g/mol. The molecule has 8 nitrogen and oxygen atoms in total. The van der Waals surface area contributed by atoms with Gasteiger partial charge in [0.1, 0.15) is 24.9 Å². The SMILES string of the molecule is CC(=O)N[C@H]1C/C=C\COc2cccc(c2)C[C@@H](C(=O)NCC(F)(F)F)NC(=O)[C@H](CCc2ccccc2)CC1=O. The third kappa shape index (κ3) is 11.1. The summed E-state index contributed by atoms with van der Waals surface area (Å²) in [6, 6.07) is 13.7. The largest absolute Gasteiger partial charge is 0.490 e. The third-order valence-electron chi connectivity index (χ3n) is 6.53. The Bertz CT molecular complexity index is 1230. The van der Waals surface area contributed by atoms with Gasteiger partial charge in [-0.1, -0.05) is 54.6 Å². The molecule has 2 bridgehead atoms. The van der Waals surface area contributed by atoms with Gasteiger partial charge >= 0.3 is 6.18 Å². The van der Waals surface area contributed by atoms with Crippen molar-refractivity contribution < 1.29 is 37.1 Å². The highest BCUT2D eigenvalue weighted by Gasteiger charge is 2.32. The van der Waals surface area contributed by atoms with Gasteiger partial charge in [0.25, 0.3) is 0 Å². The molecular formula is C30H34F3N3O5. The van der Waals surface area contributed by atoms with Crippen LogP contribution in [0.15, 0.2) is 66.7 Å². The Morgan fingerprint density at radius 3 is 2.49 bits per heavy atom. The fourth-order valence-electron chi connectivity index (χ4n) is 4.46. The minimum atomic E-state index is -4.64. The van der Waals surface area contributed by atoms with Crippen LogP contribution in [0.2, 0.25) is 0 Å². The molecule has 11 heteroatoms. The molecule has 0 radical (unpaired) electrons. The van der Waals surface area contributed by atoms with Gasteiger partial charge in [0.05, 0.1) is 6.04 Å². The van der Waals surface area contributed by atoms with Crippen LogP contribution in [0.1, 0.15) is 37.3 Å². The second kappa shape index (κ2) is 15.0. The predicted octanol–water partition coefficient (Wildman–Crippen LogP) is 3.44. The molecule has 0 spiro atoms. The lowest BCUT2D eigenvalue weighted by atomic mass is 9.90. The standard InChI is InChI=1S/C30H34F3N3O5/c1-20(37)35-25-12-5-6-15-41-24-11-7-10-22(16-24)17-26(29(40)34-19-30(31,32)33)36-28(39)23(18-27(25)38)14-13-21-8-3-2-4-9-21/h2-11,16,23,25-26H,12-15,17-19H2,1H3,(H,34,40)(H,35,37)(H,36,39)/b6-5-/t23-,25+,26+/m1/s1. The van der Waals surface area contributed by atoms with Crippen LogP contribution in [0, 0.1) is 5.92 Å². The normalized spacial score (nSPS) is 21.2. The van der Waals surface area contributed by atoms with E-state index in [4.69, 9.17) is 4.74 Å². The molecular weight excluding hydrogens is 539 g/mol. The van der Waals surface area contributed by atoms with Gasteiger partial charge in [0.2, 0.25) is 17.7 Å². The summed E-state index contributed by atoms with van der Waals surface area (Å²) in [7, 11) is 0. The van der Waals surface area contributed by atoms with Crippen molar-refractivity contribution in [2.24, 2.45) is 5.92 Å². The van der Waals surface area contributed by atoms with E-state index in [1.54, 1.807) is 36.4 Å². The molecule has 3 amide bonds. The Morgan fingerprint density at radius 1 is 1.02 bits per heavy atom. The first-order valence-electron chi connectivity index (χ1n) is 13.4. The summed E-state index contributed by atoms with van der Waals surface area (Å²) in [4.78, 5) is 51.5. The van der Waals surface area contributed by atoms with Crippen molar-refractivity contribution in [1.82, 2.24) is 16.0 Å². The molecule has 3 atom stereocenters. The Hall–Kier alpha value is -4.15. The second-order valence-corrected chi connectivity index (χ2v) is 9.91. The Kier molecular flexibility index (Phi) is 11.5. The monoisotopic (exact) mass is 573 g/mol. The Labute approximate surface area is 236 Å². The molecule has 0 fully saturated rings. The zero-order chi connectivity index (χ0) is 29.8. The molecule has 1 aliphatic rings. The van der Waals surface area contributed by atoms with E-state index < -0.39 is 48.4 Å². The average Bonchev–Trinajstić information content (AvgIpc) is 2.92. The number of nitrogens with one attached hydrogen (secondary N) is 3. The highest BCUT2D eigenvalue weighted by Crippen LogP contribution is 2.20. The van der Waals surface area contributed by atoms with Crippen LogP contribution < -0.4 is 20.7 Å². The van der Waals surface area contributed by atoms with Crippen LogP contribution >= 0.6 is 0 Å². The van der Waals surface area contributed by atoms with Gasteiger partial charge in [-0.2, -0.15) is 13.2 Å². The van der Waals surface area contributed by atoms with Crippen LogP contribution in [0.3, 0.4) is 0 Å². The second-order valence-electron chi connectivity index (χ2n) is 9.91. The number of alkyl halides is 3. The Morgan fingerprint density at radius 2 is 1.78 bits per heavy atom. The number of carbonyl (C=O) groups is 4. The number of ketones is 1. The molecule has 0 saturated carbocycles. The number of benzene rings is 2. The summed E-state index contributed by atoms with van der Waals surface area (Å²) in [5, 5.41) is 7.07. The van der Waals surface area contributed by atoms with E-state index in [9.17, 15) is 32.3 Å². The zero-order valence-electron chi connectivity index (χ0n) is 22.7. The molecule has 2 aromatic rings. The van der Waals surface area contributed by atoms with Crippen molar-refractivity contribution in [3.05, 3.63) is 77.9 Å². The van der Waals surface area contributed by atoms with E-state index in [1.165, 1.54) is 6.92 Å². The fraction of sp³-hybridized carbons (Fsp3) is 0.400. The lowest BCUT2D eigenvalue weighted by Gasteiger charge is -2.24. The molecule has 41 heavy (non-hydrogen) atoms. The Balaban J connectivity index is 1.93. The van der Waals surface area contributed by atoms with E-state index in [2.05, 4.69) is 10.6 Å². The van der Waals surface area contributed by atoms with Crippen molar-refractivity contribution in [3.63, 3.8) is 0 Å². The van der Waals surface area contributed by atoms with Crippen molar-refractivity contribution in [2.75, 3.05) is 13.2 Å². The first-order chi connectivity index (χ1) is 19.5. The quantitative estimate of drug-likeness (QED) is 0.459. The fourth-order valence-corrected chi connectivity index (χ4v) is 4.46. The molecule has 2 aromatic carbocycles. The molecule has 0 aliphatic carbocycles. The van der Waals surface area contributed by atoms with E-state index in [0.29, 0.717) is 17.7 Å². The summed E-state index contributed by atoms with van der Waals surface area (Å²) in [6.07, 6.45) is -0.690. The lowest BCUT2D eigenvalue weighted by Crippen LogP contribution is -2.51. The number of halogens is 3. The van der Waals surface area contributed by atoms with Gasteiger partial charge < -0.3 is 20.7 Å². The molecule has 220 valence electrons. The van der Waals surface area contributed by atoms with E-state index in [-0.39, 0.29) is 38.1 Å². The van der Waals surface area contributed by atoms with E-state index in [1.807, 2.05) is 35.6 Å². The van der Waals surface area contributed by atoms with Gasteiger partial charge in [0, 0.05) is 25.7 Å². The topological polar surface area (TPSA) is 114 Å². The van der Waals surface area contributed by atoms with Crippen LogP contribution in [-0.4, -0.2) is 54.9 Å². The lowest BCUT2D eigenvalue weighted by molar-refractivity contribution is -0.141. The molecule has 3 N–H and O–H groups in total. The number of amides is 3. The van der Waals surface area contributed by atoms with Crippen LogP contribution in [0.4, 0.5) is 13.2 Å². The van der Waals surface area contributed by atoms with Crippen molar-refractivity contribution in [1.29, 1.82) is 0 Å². The highest BCUT2D eigenvalue weighted by molar-refractivity contribution is 5.94. The van der Waals surface area contributed by atoms with Gasteiger partial charge in [0.15, 0.2) is 5.78 Å². The molecule has 0 saturated heterocycles. The first-order valence-corrected chi connectivity index (χ1v) is 13.4. The zero-order valence-corrected chi connectivity index (χ0v) is 22.7. The maximum absolute atomic E-state index is 13.6. The van der Waals surface area contributed by atoms with Gasteiger partial charge in [-0.25, -0.2) is 0 Å². The molecule has 0 unspecified atom stereocenters. The highest BCUT2D eigenvalue weighted by atomic mass is 19.4. The van der Waals surface area contributed by atoms with Crippen molar-refractivity contribution in [2.45, 2.75) is 57.3 Å².